The molecule has 11 rings (SSSR count). The highest BCUT2D eigenvalue weighted by Gasteiger charge is 2.36. The van der Waals surface area contributed by atoms with Crippen molar-refractivity contribution in [2.24, 2.45) is 0 Å². The Labute approximate surface area is 308 Å². The van der Waals surface area contributed by atoms with Gasteiger partial charge in [-0.3, -0.25) is 0 Å². The van der Waals surface area contributed by atoms with E-state index in [1.54, 1.807) is 0 Å². The Kier molecular flexibility index (Phi) is 6.33. The van der Waals surface area contributed by atoms with E-state index in [4.69, 9.17) is 4.42 Å². The van der Waals surface area contributed by atoms with Gasteiger partial charge in [-0.1, -0.05) is 129 Å². The summed E-state index contributed by atoms with van der Waals surface area (Å²) >= 11 is 0. The molecule has 0 N–H and O–H groups in total. The fraction of sp³-hybridized carbons (Fsp3) is 0.0588. The first-order chi connectivity index (χ1) is 26.0. The van der Waals surface area contributed by atoms with Crippen LogP contribution in [0.5, 0.6) is 0 Å². The van der Waals surface area contributed by atoms with Gasteiger partial charge in [0.2, 0.25) is 0 Å². The van der Waals surface area contributed by atoms with Crippen molar-refractivity contribution in [3.05, 3.63) is 187 Å². The topological polar surface area (TPSA) is 18.1 Å². The zero-order valence-electron chi connectivity index (χ0n) is 29.6. The lowest BCUT2D eigenvalue weighted by Gasteiger charge is -2.22. The second kappa shape index (κ2) is 11.2. The van der Waals surface area contributed by atoms with Gasteiger partial charge in [0.1, 0.15) is 11.2 Å². The molecule has 0 fully saturated rings. The lowest BCUT2D eigenvalue weighted by molar-refractivity contribution is 0.647. The van der Waals surface area contributed by atoms with Crippen LogP contribution in [0.15, 0.2) is 180 Å². The van der Waals surface area contributed by atoms with Crippen LogP contribution >= 0.6 is 0 Å². The SMILES string of the molecule is CC1(C)c2cc(-c3cccc(-n4c5ccc(-c6ccccc6)cc5c5cc(-c6ccccc6)ccc54)c3)ccc2-c2cc3c(cc21)oc1ccccc13. The minimum absolute atomic E-state index is 0.162. The molecule has 250 valence electrons. The second-order valence-electron chi connectivity index (χ2n) is 15.0. The first-order valence-electron chi connectivity index (χ1n) is 18.4. The number of nitrogens with zero attached hydrogens (tertiary/aromatic N) is 1. The van der Waals surface area contributed by atoms with Crippen molar-refractivity contribution in [3.8, 4) is 50.2 Å². The van der Waals surface area contributed by atoms with E-state index in [2.05, 4.69) is 188 Å². The Morgan fingerprint density at radius 2 is 0.943 bits per heavy atom. The summed E-state index contributed by atoms with van der Waals surface area (Å²) in [6, 6.07) is 64.2. The molecule has 8 aromatic carbocycles. The maximum atomic E-state index is 6.33. The van der Waals surface area contributed by atoms with E-state index in [1.807, 2.05) is 6.07 Å². The van der Waals surface area contributed by atoms with E-state index in [-0.39, 0.29) is 5.41 Å². The molecule has 2 heterocycles. The molecule has 1 aliphatic rings. The van der Waals surface area contributed by atoms with Gasteiger partial charge in [0.05, 0.1) is 11.0 Å². The fourth-order valence-electron chi connectivity index (χ4n) is 8.88. The van der Waals surface area contributed by atoms with Crippen LogP contribution in [0.4, 0.5) is 0 Å². The maximum absolute atomic E-state index is 6.33. The van der Waals surface area contributed by atoms with E-state index in [9.17, 15) is 0 Å². The quantitative estimate of drug-likeness (QED) is 0.181. The third-order valence-corrected chi connectivity index (χ3v) is 11.6. The van der Waals surface area contributed by atoms with Gasteiger partial charge in [-0.2, -0.15) is 0 Å². The fourth-order valence-corrected chi connectivity index (χ4v) is 8.88. The zero-order valence-corrected chi connectivity index (χ0v) is 29.6. The third kappa shape index (κ3) is 4.52. The molecule has 0 saturated carbocycles. The first-order valence-corrected chi connectivity index (χ1v) is 18.4. The van der Waals surface area contributed by atoms with Crippen LogP contribution in [-0.2, 0) is 5.41 Å². The van der Waals surface area contributed by atoms with Gasteiger partial charge in [-0.05, 0) is 116 Å². The molecular weight excluding hydrogens is 643 g/mol. The number of fused-ring (bicyclic) bond motifs is 9. The molecule has 0 radical (unpaired) electrons. The molecule has 0 atom stereocenters. The Hall–Kier alpha value is -6.64. The van der Waals surface area contributed by atoms with Crippen molar-refractivity contribution in [2.45, 2.75) is 19.3 Å². The van der Waals surface area contributed by atoms with Crippen LogP contribution in [-0.4, -0.2) is 4.57 Å². The molecular formula is C51H35NO. The Morgan fingerprint density at radius 3 is 1.64 bits per heavy atom. The number of rotatable bonds is 4. The smallest absolute Gasteiger partial charge is 0.135 e. The summed E-state index contributed by atoms with van der Waals surface area (Å²) in [6.45, 7) is 4.69. The third-order valence-electron chi connectivity index (χ3n) is 11.6. The minimum Gasteiger partial charge on any atom is -0.456 e. The van der Waals surface area contributed by atoms with Gasteiger partial charge in [0, 0.05) is 32.6 Å². The predicted octanol–water partition coefficient (Wildman–Crippen LogP) is 14.0. The molecule has 2 nitrogen and oxygen atoms in total. The molecule has 10 aromatic rings. The number of furan rings is 1. The number of benzene rings is 8. The molecule has 0 unspecified atom stereocenters. The summed E-state index contributed by atoms with van der Waals surface area (Å²) in [5.74, 6) is 0. The van der Waals surface area contributed by atoms with Crippen LogP contribution < -0.4 is 0 Å². The van der Waals surface area contributed by atoms with Crippen molar-refractivity contribution < 1.29 is 4.42 Å². The highest BCUT2D eigenvalue weighted by molar-refractivity contribution is 6.12. The van der Waals surface area contributed by atoms with E-state index in [0.29, 0.717) is 0 Å². The largest absolute Gasteiger partial charge is 0.456 e. The standard InChI is InChI=1S/C51H35NO/c1-51(2)45-29-37(20-23-39(45)41-30-44-40-18-9-10-19-49(40)53-50(44)31-46(41)51)34-16-11-17-38(26-34)52-47-24-21-35(32-12-5-3-6-13-32)27-42(47)43-28-36(22-25-48(43)52)33-14-7-4-8-15-33/h3-31H,1-2H3. The van der Waals surface area contributed by atoms with Crippen LogP contribution in [0.1, 0.15) is 25.0 Å². The zero-order chi connectivity index (χ0) is 35.3. The summed E-state index contributed by atoms with van der Waals surface area (Å²) in [5, 5.41) is 4.85. The van der Waals surface area contributed by atoms with Gasteiger partial charge in [0.25, 0.3) is 0 Å². The van der Waals surface area contributed by atoms with Crippen LogP contribution in [0.25, 0.3) is 93.9 Å². The average molecular weight is 678 g/mol. The molecule has 0 aliphatic heterocycles. The summed E-state index contributed by atoms with van der Waals surface area (Å²) in [4.78, 5) is 0. The molecule has 2 heteroatoms. The summed E-state index contributed by atoms with van der Waals surface area (Å²) < 4.78 is 8.76. The van der Waals surface area contributed by atoms with Gasteiger partial charge < -0.3 is 8.98 Å². The number of hydrogen-bond acceptors (Lipinski definition) is 1. The van der Waals surface area contributed by atoms with Crippen molar-refractivity contribution in [1.29, 1.82) is 0 Å². The van der Waals surface area contributed by atoms with Crippen molar-refractivity contribution in [2.75, 3.05) is 0 Å². The second-order valence-corrected chi connectivity index (χ2v) is 15.0. The molecule has 0 bridgehead atoms. The lowest BCUT2D eigenvalue weighted by Crippen LogP contribution is -2.15. The molecule has 0 amide bonds. The number of para-hydroxylation sites is 1. The van der Waals surface area contributed by atoms with E-state index in [1.165, 1.54) is 88.2 Å². The van der Waals surface area contributed by atoms with Crippen molar-refractivity contribution in [3.63, 3.8) is 0 Å². The normalized spacial score (nSPS) is 13.2. The molecule has 0 spiro atoms. The first kappa shape index (κ1) is 30.0. The van der Waals surface area contributed by atoms with Gasteiger partial charge in [-0.25, -0.2) is 0 Å². The Balaban J connectivity index is 1.06. The predicted molar refractivity (Wildman–Crippen MR) is 222 cm³/mol. The van der Waals surface area contributed by atoms with Gasteiger partial charge >= 0.3 is 0 Å². The number of hydrogen-bond donors (Lipinski definition) is 0. The van der Waals surface area contributed by atoms with Crippen molar-refractivity contribution in [1.82, 2.24) is 4.57 Å². The lowest BCUT2D eigenvalue weighted by atomic mass is 9.81. The minimum atomic E-state index is -0.162. The van der Waals surface area contributed by atoms with Crippen molar-refractivity contribution >= 4 is 43.7 Å². The Bertz CT molecular complexity index is 2970. The van der Waals surface area contributed by atoms with Crippen LogP contribution in [0.3, 0.4) is 0 Å². The van der Waals surface area contributed by atoms with Crippen LogP contribution in [0, 0.1) is 0 Å². The molecule has 2 aromatic heterocycles. The molecule has 1 aliphatic carbocycles. The van der Waals surface area contributed by atoms with E-state index in [0.717, 1.165) is 16.9 Å². The Morgan fingerprint density at radius 1 is 0.377 bits per heavy atom. The summed E-state index contributed by atoms with van der Waals surface area (Å²) in [5.41, 5.74) is 17.9. The highest BCUT2D eigenvalue weighted by Crippen LogP contribution is 2.52. The number of aromatic nitrogens is 1. The van der Waals surface area contributed by atoms with Gasteiger partial charge in [-0.15, -0.1) is 0 Å². The van der Waals surface area contributed by atoms with Crippen LogP contribution in [0.2, 0.25) is 0 Å². The summed E-state index contributed by atoms with van der Waals surface area (Å²) in [7, 11) is 0. The molecule has 0 saturated heterocycles. The van der Waals surface area contributed by atoms with E-state index >= 15 is 0 Å². The highest BCUT2D eigenvalue weighted by atomic mass is 16.3. The van der Waals surface area contributed by atoms with Gasteiger partial charge in [0.15, 0.2) is 0 Å². The van der Waals surface area contributed by atoms with E-state index < -0.39 is 0 Å². The maximum Gasteiger partial charge on any atom is 0.135 e. The monoisotopic (exact) mass is 677 g/mol. The molecule has 53 heavy (non-hydrogen) atoms. The summed E-state index contributed by atoms with van der Waals surface area (Å²) in [6.07, 6.45) is 0. The average Bonchev–Trinajstić information content (AvgIpc) is 3.82.